The Morgan fingerprint density at radius 1 is 1.29 bits per heavy atom. The lowest BCUT2D eigenvalue weighted by Gasteiger charge is -2.29. The summed E-state index contributed by atoms with van der Waals surface area (Å²) >= 11 is 0. The van der Waals surface area contributed by atoms with E-state index in [4.69, 9.17) is 4.98 Å². The molecule has 1 aliphatic rings. The van der Waals surface area contributed by atoms with Crippen LogP contribution in [0.4, 0.5) is 11.6 Å². The van der Waals surface area contributed by atoms with Gasteiger partial charge in [0.25, 0.3) is 0 Å². The topological polar surface area (TPSA) is 69.7 Å². The molecule has 0 bridgehead atoms. The summed E-state index contributed by atoms with van der Waals surface area (Å²) in [4.78, 5) is 19.0. The van der Waals surface area contributed by atoms with E-state index < -0.39 is 0 Å². The van der Waals surface area contributed by atoms with Crippen molar-refractivity contribution >= 4 is 22.7 Å². The van der Waals surface area contributed by atoms with Gasteiger partial charge in [-0.3, -0.25) is 0 Å². The number of nitrogens with zero attached hydrogens (tertiary/aromatic N) is 4. The van der Waals surface area contributed by atoms with Gasteiger partial charge in [-0.15, -0.1) is 0 Å². The molecule has 6 heteroatoms. The number of pyridine rings is 1. The van der Waals surface area contributed by atoms with Crippen molar-refractivity contribution in [2.24, 2.45) is 0 Å². The molecule has 21 heavy (non-hydrogen) atoms. The summed E-state index contributed by atoms with van der Waals surface area (Å²) in [6, 6.07) is 4.10. The maximum absolute atomic E-state index is 4.78. The number of hydrogen-bond donors (Lipinski definition) is 2. The largest absolute Gasteiger partial charge is 0.365 e. The molecule has 0 radical (unpaired) electrons. The normalized spacial score (nSPS) is 14.0. The molecular formula is C15H16N6. The average molecular weight is 280 g/mol. The number of H-pyrrole nitrogens is 1. The molecule has 0 amide bonds. The summed E-state index contributed by atoms with van der Waals surface area (Å²) in [5.41, 5.74) is 2.73. The molecule has 0 aliphatic carbocycles. The van der Waals surface area contributed by atoms with E-state index in [1.54, 1.807) is 6.20 Å². The van der Waals surface area contributed by atoms with Gasteiger partial charge >= 0.3 is 0 Å². The Kier molecular flexibility index (Phi) is 2.73. The van der Waals surface area contributed by atoms with E-state index in [0.717, 1.165) is 53.6 Å². The number of likely N-dealkylation sites (N-methyl/N-ethyl adjacent to an activating group) is 1. The van der Waals surface area contributed by atoms with Crippen LogP contribution in [-0.4, -0.2) is 39.6 Å². The molecule has 3 aromatic rings. The second kappa shape index (κ2) is 4.73. The molecule has 0 atom stereocenters. The van der Waals surface area contributed by atoms with Crippen LogP contribution in [-0.2, 0) is 0 Å². The minimum atomic E-state index is 0.853. The van der Waals surface area contributed by atoms with Crippen LogP contribution in [0.15, 0.2) is 30.7 Å². The maximum Gasteiger partial charge on any atom is 0.172 e. The van der Waals surface area contributed by atoms with Gasteiger partial charge in [0.15, 0.2) is 11.6 Å². The molecule has 3 aromatic heterocycles. The summed E-state index contributed by atoms with van der Waals surface area (Å²) in [6.07, 6.45) is 5.53. The van der Waals surface area contributed by atoms with Gasteiger partial charge in [-0.25, -0.2) is 15.0 Å². The third-order valence-electron chi connectivity index (χ3n) is 3.81. The quantitative estimate of drug-likeness (QED) is 0.753. The van der Waals surface area contributed by atoms with Gasteiger partial charge in [0.2, 0.25) is 0 Å². The van der Waals surface area contributed by atoms with Crippen molar-refractivity contribution < 1.29 is 0 Å². The molecule has 0 unspecified atom stereocenters. The molecule has 0 saturated heterocycles. The maximum atomic E-state index is 4.78. The summed E-state index contributed by atoms with van der Waals surface area (Å²) in [6.45, 7) is 4.93. The lowest BCUT2D eigenvalue weighted by Crippen LogP contribution is -2.35. The van der Waals surface area contributed by atoms with Gasteiger partial charge in [0.1, 0.15) is 5.65 Å². The predicted molar refractivity (Wildman–Crippen MR) is 83.5 cm³/mol. The molecule has 0 aromatic carbocycles. The summed E-state index contributed by atoms with van der Waals surface area (Å²) in [7, 11) is 0. The molecule has 0 saturated carbocycles. The highest BCUT2D eigenvalue weighted by molar-refractivity contribution is 5.81. The van der Waals surface area contributed by atoms with Gasteiger partial charge in [-0.2, -0.15) is 0 Å². The Labute approximate surface area is 122 Å². The molecule has 4 rings (SSSR count). The number of anilines is 2. The monoisotopic (exact) mass is 280 g/mol. The van der Waals surface area contributed by atoms with Crippen LogP contribution in [0.3, 0.4) is 0 Å². The zero-order valence-electron chi connectivity index (χ0n) is 11.8. The minimum absolute atomic E-state index is 0.853. The highest BCUT2D eigenvalue weighted by Gasteiger charge is 2.18. The first-order chi connectivity index (χ1) is 10.3. The Bertz CT molecular complexity index is 794. The van der Waals surface area contributed by atoms with E-state index in [1.165, 1.54) is 0 Å². The van der Waals surface area contributed by atoms with Crippen molar-refractivity contribution in [1.29, 1.82) is 0 Å². The fourth-order valence-corrected chi connectivity index (χ4v) is 2.67. The number of aromatic amines is 1. The summed E-state index contributed by atoms with van der Waals surface area (Å²) < 4.78 is 0. The number of hydrogen-bond acceptors (Lipinski definition) is 5. The Morgan fingerprint density at radius 3 is 3.14 bits per heavy atom. The first-order valence-corrected chi connectivity index (χ1v) is 7.14. The zero-order chi connectivity index (χ0) is 14.2. The SMILES string of the molecule is CCN1CCNc2ncc(-c3cnc4[nH]ccc4c3)nc21. The van der Waals surface area contributed by atoms with Crippen LogP contribution < -0.4 is 10.2 Å². The fourth-order valence-electron chi connectivity index (χ4n) is 2.67. The molecule has 1 aliphatic heterocycles. The van der Waals surface area contributed by atoms with Crippen molar-refractivity contribution in [3.63, 3.8) is 0 Å². The third kappa shape index (κ3) is 1.99. The second-order valence-electron chi connectivity index (χ2n) is 5.07. The van der Waals surface area contributed by atoms with Gasteiger partial charge in [0, 0.05) is 43.0 Å². The Morgan fingerprint density at radius 2 is 2.24 bits per heavy atom. The minimum Gasteiger partial charge on any atom is -0.365 e. The number of nitrogens with one attached hydrogen (secondary N) is 2. The van der Waals surface area contributed by atoms with E-state index in [1.807, 2.05) is 18.5 Å². The summed E-state index contributed by atoms with van der Waals surface area (Å²) in [5.74, 6) is 1.79. The highest BCUT2D eigenvalue weighted by atomic mass is 15.3. The van der Waals surface area contributed by atoms with Crippen LogP contribution >= 0.6 is 0 Å². The van der Waals surface area contributed by atoms with Gasteiger partial charge in [0.05, 0.1) is 11.9 Å². The zero-order valence-corrected chi connectivity index (χ0v) is 11.8. The molecule has 6 nitrogen and oxygen atoms in total. The van der Waals surface area contributed by atoms with Crippen LogP contribution in [0.25, 0.3) is 22.3 Å². The number of aromatic nitrogens is 4. The highest BCUT2D eigenvalue weighted by Crippen LogP contribution is 2.28. The van der Waals surface area contributed by atoms with Crippen LogP contribution in [0.5, 0.6) is 0 Å². The van der Waals surface area contributed by atoms with E-state index in [-0.39, 0.29) is 0 Å². The van der Waals surface area contributed by atoms with E-state index in [9.17, 15) is 0 Å². The first-order valence-electron chi connectivity index (χ1n) is 7.14. The van der Waals surface area contributed by atoms with E-state index in [2.05, 4.69) is 38.2 Å². The van der Waals surface area contributed by atoms with Crippen molar-refractivity contribution in [2.45, 2.75) is 6.92 Å². The van der Waals surface area contributed by atoms with Gasteiger partial charge in [-0.05, 0) is 19.1 Å². The van der Waals surface area contributed by atoms with Crippen LogP contribution in [0.2, 0.25) is 0 Å². The molecule has 2 N–H and O–H groups in total. The van der Waals surface area contributed by atoms with Crippen LogP contribution in [0, 0.1) is 0 Å². The fraction of sp³-hybridized carbons (Fsp3) is 0.267. The molecular weight excluding hydrogens is 264 g/mol. The lowest BCUT2D eigenvalue weighted by atomic mass is 10.2. The summed E-state index contributed by atoms with van der Waals surface area (Å²) in [5, 5.41) is 4.38. The number of fused-ring (bicyclic) bond motifs is 2. The van der Waals surface area contributed by atoms with Gasteiger partial charge < -0.3 is 15.2 Å². The molecule has 0 spiro atoms. The van der Waals surface area contributed by atoms with Gasteiger partial charge in [-0.1, -0.05) is 0 Å². The lowest BCUT2D eigenvalue weighted by molar-refractivity contribution is 0.788. The third-order valence-corrected chi connectivity index (χ3v) is 3.81. The van der Waals surface area contributed by atoms with E-state index in [0.29, 0.717) is 0 Å². The van der Waals surface area contributed by atoms with Crippen LogP contribution in [0.1, 0.15) is 6.92 Å². The molecule has 106 valence electrons. The van der Waals surface area contributed by atoms with E-state index >= 15 is 0 Å². The van der Waals surface area contributed by atoms with Crippen molar-refractivity contribution in [3.05, 3.63) is 30.7 Å². The van der Waals surface area contributed by atoms with Crippen molar-refractivity contribution in [2.75, 3.05) is 29.9 Å². The average Bonchev–Trinajstić information content (AvgIpc) is 3.01. The second-order valence-corrected chi connectivity index (χ2v) is 5.07. The predicted octanol–water partition coefficient (Wildman–Crippen LogP) is 2.27. The number of rotatable bonds is 2. The smallest absolute Gasteiger partial charge is 0.172 e. The van der Waals surface area contributed by atoms with Crippen molar-refractivity contribution in [1.82, 2.24) is 19.9 Å². The Balaban J connectivity index is 1.81. The van der Waals surface area contributed by atoms with Crippen molar-refractivity contribution in [3.8, 4) is 11.3 Å². The molecule has 4 heterocycles. The molecule has 0 fully saturated rings. The first kappa shape index (κ1) is 12.1. The Hall–Kier alpha value is -2.63. The standard InChI is InChI=1S/C15H16N6/c1-2-21-6-5-17-14-15(21)20-12(9-19-14)11-7-10-3-4-16-13(10)18-8-11/h3-4,7-9H,2,5-6H2,1H3,(H,16,18)(H,17,19).